The Labute approximate surface area is 118 Å². The van der Waals surface area contributed by atoms with Crippen molar-refractivity contribution in [2.24, 2.45) is 5.41 Å². The van der Waals surface area contributed by atoms with Crippen molar-refractivity contribution in [3.63, 3.8) is 0 Å². The molecule has 0 radical (unpaired) electrons. The van der Waals surface area contributed by atoms with E-state index in [0.717, 1.165) is 32.1 Å². The zero-order chi connectivity index (χ0) is 13.9. The normalized spacial score (nSPS) is 27.7. The summed E-state index contributed by atoms with van der Waals surface area (Å²) in [5.41, 5.74) is -0.746. The summed E-state index contributed by atoms with van der Waals surface area (Å²) >= 11 is -1.09. The maximum Gasteiger partial charge on any atom is 0.314 e. The first kappa shape index (κ1) is 15.1. The Hall–Kier alpha value is -0.260. The van der Waals surface area contributed by atoms with Crippen molar-refractivity contribution in [2.75, 3.05) is 19.0 Å². The van der Waals surface area contributed by atoms with Crippen LogP contribution in [-0.2, 0) is 20.7 Å². The molecular weight excluding hydrogens is 264 g/mol. The fourth-order valence-corrected chi connectivity index (χ4v) is 4.99. The Bertz CT molecular complexity index is 319. The molecular formula is C14H24O4S. The molecule has 1 N–H and O–H groups in total. The molecule has 0 spiro atoms. The Balaban J connectivity index is 2.06. The van der Waals surface area contributed by atoms with Crippen LogP contribution in [0.1, 0.15) is 51.9 Å². The maximum atomic E-state index is 12.7. The second-order valence-electron chi connectivity index (χ2n) is 6.20. The summed E-state index contributed by atoms with van der Waals surface area (Å²) in [7, 11) is 0. The van der Waals surface area contributed by atoms with Gasteiger partial charge in [0.05, 0.1) is 13.2 Å². The fraction of sp³-hybridized carbons (Fsp3) is 0.929. The van der Waals surface area contributed by atoms with Crippen molar-refractivity contribution in [1.29, 1.82) is 0 Å². The third-order valence-corrected chi connectivity index (χ3v) is 7.09. The molecule has 0 bridgehead atoms. The van der Waals surface area contributed by atoms with Crippen molar-refractivity contribution in [3.05, 3.63) is 0 Å². The highest BCUT2D eigenvalue weighted by Gasteiger charge is 2.48. The third kappa shape index (κ3) is 3.26. The minimum Gasteiger partial charge on any atom is -0.616 e. The van der Waals surface area contributed by atoms with Crippen LogP contribution in [0.2, 0.25) is 0 Å². The molecule has 5 heteroatoms. The van der Waals surface area contributed by atoms with Gasteiger partial charge in [-0.2, -0.15) is 0 Å². The first-order chi connectivity index (χ1) is 8.99. The highest BCUT2D eigenvalue weighted by molar-refractivity contribution is 7.92. The van der Waals surface area contributed by atoms with Crippen molar-refractivity contribution in [3.8, 4) is 0 Å². The summed E-state index contributed by atoms with van der Waals surface area (Å²) in [6.45, 7) is 3.30. The smallest absolute Gasteiger partial charge is 0.314 e. The first-order valence-electron chi connectivity index (χ1n) is 7.18. The van der Waals surface area contributed by atoms with Crippen molar-refractivity contribution < 1.29 is 19.2 Å². The van der Waals surface area contributed by atoms with Crippen LogP contribution in [0.4, 0.5) is 0 Å². The van der Waals surface area contributed by atoms with Crippen molar-refractivity contribution in [2.45, 2.75) is 56.6 Å². The van der Waals surface area contributed by atoms with Gasteiger partial charge in [0.2, 0.25) is 0 Å². The van der Waals surface area contributed by atoms with E-state index in [2.05, 4.69) is 0 Å². The predicted octanol–water partition coefficient (Wildman–Crippen LogP) is 2.34. The van der Waals surface area contributed by atoms with Gasteiger partial charge in [0.1, 0.15) is 15.9 Å². The van der Waals surface area contributed by atoms with Crippen LogP contribution in [0, 0.1) is 5.41 Å². The van der Waals surface area contributed by atoms with Crippen LogP contribution in [0.3, 0.4) is 0 Å². The maximum absolute atomic E-state index is 12.7. The van der Waals surface area contributed by atoms with Crippen LogP contribution >= 0.6 is 0 Å². The van der Waals surface area contributed by atoms with Crippen molar-refractivity contribution in [1.82, 2.24) is 0 Å². The molecule has 110 valence electrons. The van der Waals surface area contributed by atoms with Gasteiger partial charge in [-0.25, -0.2) is 0 Å². The van der Waals surface area contributed by atoms with Gasteiger partial charge in [0.25, 0.3) is 0 Å². The van der Waals surface area contributed by atoms with Crippen LogP contribution in [0.25, 0.3) is 0 Å². The van der Waals surface area contributed by atoms with E-state index in [9.17, 15) is 14.5 Å². The van der Waals surface area contributed by atoms with Gasteiger partial charge >= 0.3 is 5.97 Å². The lowest BCUT2D eigenvalue weighted by molar-refractivity contribution is -0.149. The molecule has 1 saturated carbocycles. The third-order valence-electron chi connectivity index (χ3n) is 4.77. The summed E-state index contributed by atoms with van der Waals surface area (Å²) in [4.78, 5) is 11.6. The van der Waals surface area contributed by atoms with E-state index in [-0.39, 0.29) is 4.75 Å². The van der Waals surface area contributed by atoms with Crippen LogP contribution in [0.15, 0.2) is 0 Å². The lowest BCUT2D eigenvalue weighted by Crippen LogP contribution is -2.48. The van der Waals surface area contributed by atoms with Gasteiger partial charge in [-0.1, -0.05) is 19.3 Å². The minimum absolute atomic E-state index is 0.266. The number of ether oxygens (including phenoxy) is 1. The molecule has 1 aliphatic heterocycles. The Morgan fingerprint density at radius 2 is 1.79 bits per heavy atom. The van der Waals surface area contributed by atoms with Crippen LogP contribution < -0.4 is 0 Å². The molecule has 2 fully saturated rings. The number of hydrogen-bond acceptors (Lipinski definition) is 3. The summed E-state index contributed by atoms with van der Waals surface area (Å²) < 4.78 is 17.8. The van der Waals surface area contributed by atoms with Crippen molar-refractivity contribution >= 4 is 17.1 Å². The van der Waals surface area contributed by atoms with Gasteiger partial charge in [-0.05, 0) is 30.9 Å². The van der Waals surface area contributed by atoms with Gasteiger partial charge < -0.3 is 14.4 Å². The number of carboxylic acids is 1. The van der Waals surface area contributed by atoms with E-state index < -0.39 is 22.6 Å². The molecule has 19 heavy (non-hydrogen) atoms. The van der Waals surface area contributed by atoms with E-state index >= 15 is 0 Å². The van der Waals surface area contributed by atoms with Crippen LogP contribution in [-0.4, -0.2) is 39.3 Å². The second-order valence-corrected chi connectivity index (χ2v) is 8.16. The molecule has 0 aromatic heterocycles. The lowest BCUT2D eigenvalue weighted by Gasteiger charge is -2.40. The van der Waals surface area contributed by atoms with Gasteiger partial charge in [-0.3, -0.25) is 4.79 Å². The van der Waals surface area contributed by atoms with E-state index in [1.54, 1.807) is 0 Å². The van der Waals surface area contributed by atoms with E-state index in [4.69, 9.17) is 4.74 Å². The number of hydrogen-bond donors (Lipinski definition) is 1. The predicted molar refractivity (Wildman–Crippen MR) is 74.6 cm³/mol. The van der Waals surface area contributed by atoms with Crippen LogP contribution in [0.5, 0.6) is 0 Å². The van der Waals surface area contributed by atoms with Gasteiger partial charge in [0, 0.05) is 12.8 Å². The minimum atomic E-state index is -1.09. The summed E-state index contributed by atoms with van der Waals surface area (Å²) in [6.07, 6.45) is 5.91. The largest absolute Gasteiger partial charge is 0.616 e. The van der Waals surface area contributed by atoms with Gasteiger partial charge in [-0.15, -0.1) is 0 Å². The molecule has 0 aromatic rings. The molecule has 0 amide bonds. The number of carboxylic acid groups (broad SMARTS) is 1. The van der Waals surface area contributed by atoms with E-state index in [1.165, 1.54) is 0 Å². The summed E-state index contributed by atoms with van der Waals surface area (Å²) in [6, 6.07) is 0. The molecule has 1 atom stereocenters. The summed E-state index contributed by atoms with van der Waals surface area (Å²) in [5, 5.41) is 9.56. The average Bonchev–Trinajstić information content (AvgIpc) is 2.40. The number of rotatable bonds is 4. The Kier molecular flexibility index (Phi) is 4.79. The molecule has 1 saturated heterocycles. The fourth-order valence-electron chi connectivity index (χ4n) is 3.10. The zero-order valence-corrected chi connectivity index (χ0v) is 12.5. The average molecular weight is 288 g/mol. The molecule has 1 unspecified atom stereocenters. The number of aliphatic carboxylic acids is 1. The first-order valence-corrected chi connectivity index (χ1v) is 8.50. The monoisotopic (exact) mass is 288 g/mol. The molecule has 1 heterocycles. The highest BCUT2D eigenvalue weighted by Crippen LogP contribution is 2.41. The molecule has 4 nitrogen and oxygen atoms in total. The highest BCUT2D eigenvalue weighted by atomic mass is 32.2. The Morgan fingerprint density at radius 1 is 1.21 bits per heavy atom. The zero-order valence-electron chi connectivity index (χ0n) is 11.7. The second kappa shape index (κ2) is 6.02. The van der Waals surface area contributed by atoms with Gasteiger partial charge in [0.15, 0.2) is 0 Å². The van der Waals surface area contributed by atoms with E-state index in [1.807, 2.05) is 6.92 Å². The summed E-state index contributed by atoms with van der Waals surface area (Å²) in [5.74, 6) is -0.435. The SMILES string of the molecule is CC1([S+]([O-])CC2(C(=O)O)CCCCC2)CCOCC1. The van der Waals surface area contributed by atoms with E-state index in [0.29, 0.717) is 31.8 Å². The lowest BCUT2D eigenvalue weighted by atomic mass is 9.76. The molecule has 0 aromatic carbocycles. The molecule has 2 rings (SSSR count). The quantitative estimate of drug-likeness (QED) is 0.806. The Morgan fingerprint density at radius 3 is 2.32 bits per heavy atom. The molecule has 2 aliphatic rings. The topological polar surface area (TPSA) is 69.6 Å². The number of carbonyl (C=O) groups is 1. The molecule has 1 aliphatic carbocycles. The standard InChI is InChI=1S/C14H24O4S/c1-13(7-9-18-10-8-13)19(17)11-14(12(15)16)5-3-2-4-6-14/h2-11H2,1H3,(H,15,16).